The molecule has 0 unspecified atom stereocenters. The third kappa shape index (κ3) is 3.87. The Balaban J connectivity index is 2.05. The van der Waals surface area contributed by atoms with Crippen molar-refractivity contribution in [2.24, 2.45) is 0 Å². The molecule has 9 heteroatoms. The molecule has 1 N–H and O–H groups in total. The highest BCUT2D eigenvalue weighted by Crippen LogP contribution is 2.16. The van der Waals surface area contributed by atoms with E-state index in [0.717, 1.165) is 0 Å². The summed E-state index contributed by atoms with van der Waals surface area (Å²) in [6.45, 7) is -1.23. The molecular weight excluding hydrogens is 293 g/mol. The summed E-state index contributed by atoms with van der Waals surface area (Å²) in [7, 11) is 0. The summed E-state index contributed by atoms with van der Waals surface area (Å²) in [5.74, 6) is 0.464. The number of rotatable bonds is 5. The van der Waals surface area contributed by atoms with Crippen molar-refractivity contribution in [2.45, 2.75) is 12.7 Å². The Morgan fingerprint density at radius 2 is 2.15 bits per heavy atom. The van der Waals surface area contributed by atoms with Gasteiger partial charge in [-0.2, -0.15) is 18.3 Å². The number of aromatic nitrogens is 4. The van der Waals surface area contributed by atoms with Gasteiger partial charge in [-0.15, -0.1) is 0 Å². The second-order valence-electron chi connectivity index (χ2n) is 3.89. The van der Waals surface area contributed by atoms with Crippen molar-refractivity contribution in [3.05, 3.63) is 29.2 Å². The summed E-state index contributed by atoms with van der Waals surface area (Å²) < 4.78 is 42.3. The second kappa shape index (κ2) is 6.14. The van der Waals surface area contributed by atoms with Crippen molar-refractivity contribution in [1.29, 1.82) is 0 Å². The van der Waals surface area contributed by atoms with E-state index in [-0.39, 0.29) is 13.2 Å². The van der Waals surface area contributed by atoms with Crippen molar-refractivity contribution in [2.75, 3.05) is 13.2 Å². The Hall–Kier alpha value is -1.74. The third-order valence-corrected chi connectivity index (χ3v) is 2.69. The number of aromatic amines is 1. The number of halogens is 3. The van der Waals surface area contributed by atoms with Gasteiger partial charge in [-0.25, -0.2) is 0 Å². The van der Waals surface area contributed by atoms with Gasteiger partial charge < -0.3 is 4.74 Å². The average molecular weight is 304 g/mol. The highest BCUT2D eigenvalue weighted by Gasteiger charge is 2.27. The fraction of sp³-hybridized carbons (Fsp3) is 0.364. The van der Waals surface area contributed by atoms with E-state index >= 15 is 0 Å². The maximum absolute atomic E-state index is 12.0. The van der Waals surface area contributed by atoms with Crippen LogP contribution in [0.2, 0.25) is 0 Å². The first kappa shape index (κ1) is 14.7. The number of hydrogen-bond acceptors (Lipinski definition) is 4. The summed E-state index contributed by atoms with van der Waals surface area (Å²) in [5.41, 5.74) is 0.579. The molecule has 5 nitrogen and oxygen atoms in total. The molecule has 0 aliphatic rings. The lowest BCUT2D eigenvalue weighted by molar-refractivity contribution is -0.174. The number of ether oxygens (including phenoxy) is 1. The van der Waals surface area contributed by atoms with E-state index in [4.69, 9.17) is 12.2 Å². The molecule has 108 valence electrons. The molecule has 0 saturated heterocycles. The van der Waals surface area contributed by atoms with E-state index in [1.54, 1.807) is 29.0 Å². The average Bonchev–Trinajstić information content (AvgIpc) is 2.76. The molecule has 0 spiro atoms. The Morgan fingerprint density at radius 3 is 2.80 bits per heavy atom. The standard InChI is InChI=1S/C11H11F3N4OS/c12-11(13,14)7-19-6-5-18-9(16-17-10(18)20)8-3-1-2-4-15-8/h1-4H,5-7H2,(H,17,20). The van der Waals surface area contributed by atoms with Crippen LogP contribution in [0.4, 0.5) is 13.2 Å². The van der Waals surface area contributed by atoms with Gasteiger partial charge in [0, 0.05) is 6.20 Å². The second-order valence-corrected chi connectivity index (χ2v) is 4.27. The first-order valence-corrected chi connectivity index (χ1v) is 6.09. The van der Waals surface area contributed by atoms with Gasteiger partial charge in [0.1, 0.15) is 12.3 Å². The third-order valence-electron chi connectivity index (χ3n) is 2.38. The quantitative estimate of drug-likeness (QED) is 0.681. The predicted molar refractivity (Wildman–Crippen MR) is 67.5 cm³/mol. The van der Waals surface area contributed by atoms with Crippen LogP contribution >= 0.6 is 12.2 Å². The summed E-state index contributed by atoms with van der Waals surface area (Å²) in [6.07, 6.45) is -2.74. The van der Waals surface area contributed by atoms with Crippen molar-refractivity contribution in [1.82, 2.24) is 19.7 Å². The van der Waals surface area contributed by atoms with E-state index < -0.39 is 12.8 Å². The largest absolute Gasteiger partial charge is 0.411 e. The zero-order valence-electron chi connectivity index (χ0n) is 10.2. The molecule has 0 aliphatic heterocycles. The molecule has 0 amide bonds. The zero-order valence-corrected chi connectivity index (χ0v) is 11.0. The van der Waals surface area contributed by atoms with Crippen LogP contribution in [-0.2, 0) is 11.3 Å². The van der Waals surface area contributed by atoms with Gasteiger partial charge in [0.05, 0.1) is 13.2 Å². The van der Waals surface area contributed by atoms with Crippen molar-refractivity contribution in [3.8, 4) is 11.5 Å². The van der Waals surface area contributed by atoms with Crippen molar-refractivity contribution >= 4 is 12.2 Å². The van der Waals surface area contributed by atoms with Crippen LogP contribution in [0.25, 0.3) is 11.5 Å². The van der Waals surface area contributed by atoms with Crippen LogP contribution in [0.5, 0.6) is 0 Å². The van der Waals surface area contributed by atoms with Crippen molar-refractivity contribution in [3.63, 3.8) is 0 Å². The molecule has 2 rings (SSSR count). The summed E-state index contributed by atoms with van der Waals surface area (Å²) in [4.78, 5) is 4.12. The SMILES string of the molecule is FC(F)(F)COCCn1c(-c2ccccn2)n[nH]c1=S. The smallest absolute Gasteiger partial charge is 0.370 e. The lowest BCUT2D eigenvalue weighted by Crippen LogP contribution is -2.19. The van der Waals surface area contributed by atoms with E-state index in [9.17, 15) is 13.2 Å². The number of nitrogens with zero attached hydrogens (tertiary/aromatic N) is 3. The number of alkyl halides is 3. The summed E-state index contributed by atoms with van der Waals surface area (Å²) >= 11 is 5.04. The summed E-state index contributed by atoms with van der Waals surface area (Å²) in [5, 5.41) is 6.61. The van der Waals surface area contributed by atoms with E-state index in [2.05, 4.69) is 19.9 Å². The van der Waals surface area contributed by atoms with E-state index in [1.807, 2.05) is 0 Å². The number of nitrogens with one attached hydrogen (secondary N) is 1. The Kier molecular flexibility index (Phi) is 4.50. The van der Waals surface area contributed by atoms with Crippen molar-refractivity contribution < 1.29 is 17.9 Å². The van der Waals surface area contributed by atoms with Gasteiger partial charge in [0.2, 0.25) is 0 Å². The lowest BCUT2D eigenvalue weighted by atomic mass is 10.3. The first-order valence-electron chi connectivity index (χ1n) is 5.68. The zero-order chi connectivity index (χ0) is 14.6. The van der Waals surface area contributed by atoms with E-state index in [0.29, 0.717) is 16.3 Å². The molecule has 2 aromatic rings. The minimum absolute atomic E-state index is 0.118. The number of hydrogen-bond donors (Lipinski definition) is 1. The maximum atomic E-state index is 12.0. The van der Waals surface area contributed by atoms with Gasteiger partial charge in [0.15, 0.2) is 10.6 Å². The van der Waals surface area contributed by atoms with E-state index in [1.165, 1.54) is 0 Å². The van der Waals surface area contributed by atoms with Gasteiger partial charge in [-0.1, -0.05) is 6.07 Å². The van der Waals surface area contributed by atoms with Gasteiger partial charge in [0.25, 0.3) is 0 Å². The molecule has 2 heterocycles. The highest BCUT2D eigenvalue weighted by molar-refractivity contribution is 7.71. The fourth-order valence-electron chi connectivity index (χ4n) is 1.56. The molecule has 0 fully saturated rings. The first-order chi connectivity index (χ1) is 9.47. The van der Waals surface area contributed by atoms with Crippen LogP contribution in [-0.4, -0.2) is 39.1 Å². The monoisotopic (exact) mass is 304 g/mol. The number of pyridine rings is 1. The predicted octanol–water partition coefficient (Wildman–Crippen LogP) is 2.58. The molecule has 0 radical (unpaired) electrons. The Labute approximate surface area is 117 Å². The minimum atomic E-state index is -4.33. The Morgan fingerprint density at radius 1 is 1.35 bits per heavy atom. The normalized spacial score (nSPS) is 11.8. The van der Waals surface area contributed by atoms with Crippen LogP contribution in [0.1, 0.15) is 0 Å². The molecular formula is C11H11F3N4OS. The fourth-order valence-corrected chi connectivity index (χ4v) is 1.78. The van der Waals surface area contributed by atoms with Gasteiger partial charge >= 0.3 is 6.18 Å². The van der Waals surface area contributed by atoms with Gasteiger partial charge in [-0.3, -0.25) is 14.6 Å². The molecule has 2 aromatic heterocycles. The maximum Gasteiger partial charge on any atom is 0.411 e. The highest BCUT2D eigenvalue weighted by atomic mass is 32.1. The molecule has 20 heavy (non-hydrogen) atoms. The molecule has 0 saturated carbocycles. The lowest BCUT2D eigenvalue weighted by Gasteiger charge is -2.09. The minimum Gasteiger partial charge on any atom is -0.370 e. The molecule has 0 aliphatic carbocycles. The molecule has 0 aromatic carbocycles. The summed E-state index contributed by atoms with van der Waals surface area (Å²) in [6, 6.07) is 5.27. The van der Waals surface area contributed by atoms with Crippen LogP contribution in [0.15, 0.2) is 24.4 Å². The van der Waals surface area contributed by atoms with Gasteiger partial charge in [-0.05, 0) is 24.4 Å². The van der Waals surface area contributed by atoms with Crippen LogP contribution < -0.4 is 0 Å². The number of H-pyrrole nitrogens is 1. The van der Waals surface area contributed by atoms with Crippen LogP contribution in [0.3, 0.4) is 0 Å². The Bertz CT molecular complexity index is 608. The molecule has 0 atom stereocenters. The van der Waals surface area contributed by atoms with Crippen LogP contribution in [0, 0.1) is 4.77 Å². The topological polar surface area (TPSA) is 55.7 Å². The molecule has 0 bridgehead atoms.